The van der Waals surface area contributed by atoms with E-state index in [9.17, 15) is 9.18 Å². The van der Waals surface area contributed by atoms with E-state index in [4.69, 9.17) is 0 Å². The maximum absolute atomic E-state index is 12.8. The third kappa shape index (κ3) is 4.29. The van der Waals surface area contributed by atoms with Gasteiger partial charge in [-0.15, -0.1) is 0 Å². The summed E-state index contributed by atoms with van der Waals surface area (Å²) < 4.78 is 12.8. The Kier molecular flexibility index (Phi) is 4.76. The van der Waals surface area contributed by atoms with Crippen LogP contribution in [0.4, 0.5) is 10.1 Å². The molecule has 0 bridgehead atoms. The molecule has 2 aromatic carbocycles. The molecule has 0 radical (unpaired) electrons. The first kappa shape index (κ1) is 16.0. The van der Waals surface area contributed by atoms with E-state index in [1.54, 1.807) is 18.2 Å². The molecule has 0 aromatic heterocycles. The van der Waals surface area contributed by atoms with Crippen LogP contribution in [-0.2, 0) is 10.2 Å². The Labute approximate surface area is 130 Å². The van der Waals surface area contributed by atoms with Crippen molar-refractivity contribution in [3.8, 4) is 0 Å². The summed E-state index contributed by atoms with van der Waals surface area (Å²) in [6.07, 6.45) is 3.11. The van der Waals surface area contributed by atoms with Crippen LogP contribution in [0.3, 0.4) is 0 Å². The van der Waals surface area contributed by atoms with Gasteiger partial charge in [0.15, 0.2) is 0 Å². The van der Waals surface area contributed by atoms with E-state index in [2.05, 4.69) is 26.1 Å². The second-order valence-electron chi connectivity index (χ2n) is 6.17. The fraction of sp³-hybridized carbons (Fsp3) is 0.211. The molecule has 1 N–H and O–H groups in total. The van der Waals surface area contributed by atoms with Crippen LogP contribution in [0.5, 0.6) is 0 Å². The van der Waals surface area contributed by atoms with Gasteiger partial charge < -0.3 is 5.32 Å². The van der Waals surface area contributed by atoms with Crippen LogP contribution < -0.4 is 5.32 Å². The predicted molar refractivity (Wildman–Crippen MR) is 89.2 cm³/mol. The molecule has 0 saturated carbocycles. The molecule has 1 amide bonds. The van der Waals surface area contributed by atoms with Crippen molar-refractivity contribution >= 4 is 17.7 Å². The minimum Gasteiger partial charge on any atom is -0.322 e. The van der Waals surface area contributed by atoms with Crippen molar-refractivity contribution in [3.63, 3.8) is 0 Å². The molecular weight excluding hydrogens is 277 g/mol. The van der Waals surface area contributed by atoms with Crippen LogP contribution >= 0.6 is 0 Å². The highest BCUT2D eigenvalue weighted by molar-refractivity contribution is 6.02. The van der Waals surface area contributed by atoms with E-state index < -0.39 is 0 Å². The van der Waals surface area contributed by atoms with E-state index in [1.807, 2.05) is 24.3 Å². The van der Waals surface area contributed by atoms with Gasteiger partial charge in [-0.1, -0.05) is 51.1 Å². The van der Waals surface area contributed by atoms with Gasteiger partial charge in [0, 0.05) is 11.8 Å². The number of anilines is 1. The number of rotatable bonds is 3. The molecule has 0 saturated heterocycles. The monoisotopic (exact) mass is 297 g/mol. The quantitative estimate of drug-likeness (QED) is 0.812. The van der Waals surface area contributed by atoms with Crippen LogP contribution in [0.2, 0.25) is 0 Å². The predicted octanol–water partition coefficient (Wildman–Crippen LogP) is 4.78. The number of para-hydroxylation sites is 1. The van der Waals surface area contributed by atoms with Crippen molar-refractivity contribution in [1.29, 1.82) is 0 Å². The molecule has 0 aliphatic rings. The Morgan fingerprint density at radius 1 is 1.05 bits per heavy atom. The van der Waals surface area contributed by atoms with Gasteiger partial charge in [0.25, 0.3) is 0 Å². The number of amides is 1. The highest BCUT2D eigenvalue weighted by Crippen LogP contribution is 2.29. The second kappa shape index (κ2) is 6.56. The van der Waals surface area contributed by atoms with Gasteiger partial charge in [-0.2, -0.15) is 0 Å². The number of carbonyl (C=O) groups excluding carboxylic acids is 1. The SMILES string of the molecule is CC(C)(C)c1ccccc1NC(=O)/C=C/c1ccc(F)cc1. The average Bonchev–Trinajstić information content (AvgIpc) is 2.46. The van der Waals surface area contributed by atoms with Crippen LogP contribution in [-0.4, -0.2) is 5.91 Å². The van der Waals surface area contributed by atoms with E-state index in [1.165, 1.54) is 18.2 Å². The summed E-state index contributed by atoms with van der Waals surface area (Å²) >= 11 is 0. The van der Waals surface area contributed by atoms with E-state index >= 15 is 0 Å². The summed E-state index contributed by atoms with van der Waals surface area (Å²) in [6.45, 7) is 6.31. The molecule has 2 nitrogen and oxygen atoms in total. The van der Waals surface area contributed by atoms with Crippen LogP contribution in [0.15, 0.2) is 54.6 Å². The Bertz CT molecular complexity index is 681. The Morgan fingerprint density at radius 2 is 1.68 bits per heavy atom. The number of carbonyl (C=O) groups is 1. The first-order valence-corrected chi connectivity index (χ1v) is 7.20. The summed E-state index contributed by atoms with van der Waals surface area (Å²) in [4.78, 5) is 12.1. The zero-order valence-corrected chi connectivity index (χ0v) is 13.1. The second-order valence-corrected chi connectivity index (χ2v) is 6.17. The number of nitrogens with one attached hydrogen (secondary N) is 1. The van der Waals surface area contributed by atoms with Crippen molar-refractivity contribution < 1.29 is 9.18 Å². The lowest BCUT2D eigenvalue weighted by Crippen LogP contribution is -2.17. The lowest BCUT2D eigenvalue weighted by molar-refractivity contribution is -0.111. The topological polar surface area (TPSA) is 29.1 Å². The minimum atomic E-state index is -0.291. The van der Waals surface area contributed by atoms with Crippen LogP contribution in [0.25, 0.3) is 6.08 Å². The third-order valence-corrected chi connectivity index (χ3v) is 3.29. The van der Waals surface area contributed by atoms with Crippen molar-refractivity contribution in [1.82, 2.24) is 0 Å². The molecule has 0 aliphatic heterocycles. The van der Waals surface area contributed by atoms with Gasteiger partial charge in [0.1, 0.15) is 5.82 Å². The van der Waals surface area contributed by atoms with Gasteiger partial charge in [-0.25, -0.2) is 4.39 Å². The van der Waals surface area contributed by atoms with Gasteiger partial charge >= 0.3 is 0 Å². The molecule has 22 heavy (non-hydrogen) atoms. The molecule has 0 aliphatic carbocycles. The zero-order chi connectivity index (χ0) is 16.2. The molecule has 2 aromatic rings. The van der Waals surface area contributed by atoms with Crippen molar-refractivity contribution in [2.75, 3.05) is 5.32 Å². The lowest BCUT2D eigenvalue weighted by atomic mass is 9.86. The van der Waals surface area contributed by atoms with E-state index in [0.29, 0.717) is 0 Å². The maximum atomic E-state index is 12.8. The summed E-state index contributed by atoms with van der Waals surface area (Å²) in [5, 5.41) is 2.90. The summed E-state index contributed by atoms with van der Waals surface area (Å²) in [7, 11) is 0. The number of benzene rings is 2. The van der Waals surface area contributed by atoms with Gasteiger partial charge in [-0.3, -0.25) is 4.79 Å². The van der Waals surface area contributed by atoms with E-state index in [0.717, 1.165) is 16.8 Å². The largest absolute Gasteiger partial charge is 0.322 e. The highest BCUT2D eigenvalue weighted by Gasteiger charge is 2.17. The summed E-state index contributed by atoms with van der Waals surface area (Å²) in [5.74, 6) is -0.498. The summed E-state index contributed by atoms with van der Waals surface area (Å²) in [6, 6.07) is 13.8. The maximum Gasteiger partial charge on any atom is 0.248 e. The van der Waals surface area contributed by atoms with E-state index in [-0.39, 0.29) is 17.1 Å². The molecule has 0 fully saturated rings. The Morgan fingerprint density at radius 3 is 2.32 bits per heavy atom. The molecule has 0 unspecified atom stereocenters. The van der Waals surface area contributed by atoms with Crippen molar-refractivity contribution in [2.24, 2.45) is 0 Å². The molecule has 114 valence electrons. The third-order valence-electron chi connectivity index (χ3n) is 3.29. The van der Waals surface area contributed by atoms with Gasteiger partial charge in [0.2, 0.25) is 5.91 Å². The number of halogens is 1. The van der Waals surface area contributed by atoms with Crippen molar-refractivity contribution in [3.05, 3.63) is 71.6 Å². The standard InChI is InChI=1S/C19H20FNO/c1-19(2,3)16-6-4-5-7-17(16)21-18(22)13-10-14-8-11-15(20)12-9-14/h4-13H,1-3H3,(H,21,22)/b13-10+. The Hall–Kier alpha value is -2.42. The molecule has 0 atom stereocenters. The summed E-state index contributed by atoms with van der Waals surface area (Å²) in [5.41, 5.74) is 2.62. The van der Waals surface area contributed by atoms with Crippen molar-refractivity contribution in [2.45, 2.75) is 26.2 Å². The first-order valence-electron chi connectivity index (χ1n) is 7.20. The molecule has 0 heterocycles. The minimum absolute atomic E-state index is 0.0510. The highest BCUT2D eigenvalue weighted by atomic mass is 19.1. The van der Waals surface area contributed by atoms with Gasteiger partial charge in [0.05, 0.1) is 0 Å². The lowest BCUT2D eigenvalue weighted by Gasteiger charge is -2.22. The number of hydrogen-bond acceptors (Lipinski definition) is 1. The van der Waals surface area contributed by atoms with Gasteiger partial charge in [-0.05, 0) is 40.8 Å². The number of hydrogen-bond donors (Lipinski definition) is 1. The fourth-order valence-corrected chi connectivity index (χ4v) is 2.17. The smallest absolute Gasteiger partial charge is 0.248 e. The normalized spacial score (nSPS) is 11.6. The average molecular weight is 297 g/mol. The van der Waals surface area contributed by atoms with Crippen LogP contribution in [0, 0.1) is 5.82 Å². The fourth-order valence-electron chi connectivity index (χ4n) is 2.17. The van der Waals surface area contributed by atoms with Crippen LogP contribution in [0.1, 0.15) is 31.9 Å². The molecule has 2 rings (SSSR count). The molecule has 0 spiro atoms. The molecular formula is C19H20FNO. The Balaban J connectivity index is 2.11. The first-order chi connectivity index (χ1) is 10.4. The zero-order valence-electron chi connectivity index (χ0n) is 13.1. The molecule has 3 heteroatoms.